The van der Waals surface area contributed by atoms with Crippen LogP contribution in [0.1, 0.15) is 5.56 Å². The zero-order valence-electron chi connectivity index (χ0n) is 15.0. The number of halogens is 1. The smallest absolute Gasteiger partial charge is 0.263 e. The van der Waals surface area contributed by atoms with Gasteiger partial charge in [0.05, 0.1) is 9.80 Å². The van der Waals surface area contributed by atoms with Crippen molar-refractivity contribution in [1.82, 2.24) is 5.32 Å². The van der Waals surface area contributed by atoms with E-state index in [-0.39, 0.29) is 17.4 Å². The summed E-state index contributed by atoms with van der Waals surface area (Å²) in [5.74, 6) is -0.345. The largest absolute Gasteiger partial charge is 0.483 e. The van der Waals surface area contributed by atoms with Gasteiger partial charge in [-0.25, -0.2) is 13.6 Å². The van der Waals surface area contributed by atoms with E-state index in [0.717, 1.165) is 16.2 Å². The number of thioether (sulfide) groups is 1. The van der Waals surface area contributed by atoms with Crippen molar-refractivity contribution in [1.29, 1.82) is 0 Å². The molecule has 30 heavy (non-hydrogen) atoms. The van der Waals surface area contributed by atoms with Crippen molar-refractivity contribution in [3.63, 3.8) is 0 Å². The molecular formula is C18H14BrN3O5S3. The van der Waals surface area contributed by atoms with E-state index < -0.39 is 15.9 Å². The standard InChI is InChI=1S/C18H14BrN3O5S3/c19-11-1-6-14(10(7-11)8-15-17(24)22-18(28)29-15)27-9-16(23)21-12-2-4-13(5-3-12)30(20,25)26/h1-8H,9H2,(H,21,23)(H2,20,25,26)(H,22,24,28)/b15-8-. The molecule has 0 spiro atoms. The number of rotatable bonds is 6. The van der Waals surface area contributed by atoms with Crippen LogP contribution in [0.5, 0.6) is 5.75 Å². The summed E-state index contributed by atoms with van der Waals surface area (Å²) in [5, 5.41) is 10.2. The van der Waals surface area contributed by atoms with E-state index in [1.165, 1.54) is 24.3 Å². The number of ether oxygens (including phenoxy) is 1. The molecule has 12 heteroatoms. The Hall–Kier alpha value is -2.25. The predicted molar refractivity (Wildman–Crippen MR) is 122 cm³/mol. The molecule has 1 fully saturated rings. The summed E-state index contributed by atoms with van der Waals surface area (Å²) in [6, 6.07) is 10.6. The third kappa shape index (κ3) is 5.89. The summed E-state index contributed by atoms with van der Waals surface area (Å²) in [4.78, 5) is 24.4. The molecule has 1 saturated heterocycles. The lowest BCUT2D eigenvalue weighted by molar-refractivity contribution is -0.118. The van der Waals surface area contributed by atoms with E-state index in [1.54, 1.807) is 24.3 Å². The van der Waals surface area contributed by atoms with Crippen molar-refractivity contribution in [3.05, 3.63) is 57.4 Å². The molecule has 156 valence electrons. The number of carbonyl (C=O) groups is 2. The van der Waals surface area contributed by atoms with Gasteiger partial charge in [0.25, 0.3) is 11.8 Å². The number of thiocarbonyl (C=S) groups is 1. The average molecular weight is 528 g/mol. The van der Waals surface area contributed by atoms with Crippen LogP contribution in [0.15, 0.2) is 56.7 Å². The molecule has 0 radical (unpaired) electrons. The quantitative estimate of drug-likeness (QED) is 0.389. The Morgan fingerprint density at radius 3 is 2.57 bits per heavy atom. The molecule has 2 amide bonds. The van der Waals surface area contributed by atoms with Crippen molar-refractivity contribution < 1.29 is 22.7 Å². The molecule has 1 aliphatic heterocycles. The van der Waals surface area contributed by atoms with Crippen LogP contribution in [-0.2, 0) is 19.6 Å². The zero-order valence-corrected chi connectivity index (χ0v) is 19.1. The molecular weight excluding hydrogens is 514 g/mol. The molecule has 4 N–H and O–H groups in total. The Morgan fingerprint density at radius 1 is 1.27 bits per heavy atom. The summed E-state index contributed by atoms with van der Waals surface area (Å²) >= 11 is 9.49. The molecule has 0 bridgehead atoms. The molecule has 2 aromatic rings. The van der Waals surface area contributed by atoms with Crippen molar-refractivity contribution in [3.8, 4) is 5.75 Å². The molecule has 0 saturated carbocycles. The van der Waals surface area contributed by atoms with Gasteiger partial charge in [-0.3, -0.25) is 9.59 Å². The van der Waals surface area contributed by atoms with Gasteiger partial charge in [0.15, 0.2) is 6.61 Å². The zero-order chi connectivity index (χ0) is 21.9. The fraction of sp³-hybridized carbons (Fsp3) is 0.0556. The summed E-state index contributed by atoms with van der Waals surface area (Å²) in [7, 11) is -3.80. The van der Waals surface area contributed by atoms with Gasteiger partial charge < -0.3 is 15.4 Å². The number of sulfonamides is 1. The number of hydrogen-bond acceptors (Lipinski definition) is 7. The van der Waals surface area contributed by atoms with E-state index in [9.17, 15) is 18.0 Å². The van der Waals surface area contributed by atoms with Crippen LogP contribution < -0.4 is 20.5 Å². The van der Waals surface area contributed by atoms with Crippen molar-refractivity contribution in [2.75, 3.05) is 11.9 Å². The van der Waals surface area contributed by atoms with E-state index in [2.05, 4.69) is 26.6 Å². The van der Waals surface area contributed by atoms with Crippen LogP contribution in [0.2, 0.25) is 0 Å². The van der Waals surface area contributed by atoms with Gasteiger partial charge in [0.1, 0.15) is 10.1 Å². The molecule has 0 atom stereocenters. The molecule has 0 unspecified atom stereocenters. The Kier molecular flexibility index (Phi) is 6.93. The van der Waals surface area contributed by atoms with Crippen molar-refractivity contribution in [2.45, 2.75) is 4.90 Å². The van der Waals surface area contributed by atoms with Gasteiger partial charge in [-0.1, -0.05) is 39.9 Å². The third-order valence-corrected chi connectivity index (χ3v) is 6.31. The van der Waals surface area contributed by atoms with Gasteiger partial charge in [-0.05, 0) is 48.5 Å². The first-order valence-electron chi connectivity index (χ1n) is 8.22. The average Bonchev–Trinajstić information content (AvgIpc) is 2.97. The second kappa shape index (κ2) is 9.27. The van der Waals surface area contributed by atoms with E-state index in [1.807, 2.05) is 0 Å². The number of anilines is 1. The normalized spacial score (nSPS) is 15.2. The third-order valence-electron chi connectivity index (χ3n) is 3.73. The highest BCUT2D eigenvalue weighted by Crippen LogP contribution is 2.31. The molecule has 0 aromatic heterocycles. The molecule has 8 nitrogen and oxygen atoms in total. The maximum Gasteiger partial charge on any atom is 0.263 e. The minimum absolute atomic E-state index is 0.0578. The number of primary sulfonamides is 1. The number of carbonyl (C=O) groups excluding carboxylic acids is 2. The van der Waals surface area contributed by atoms with Crippen LogP contribution in [0.3, 0.4) is 0 Å². The van der Waals surface area contributed by atoms with Gasteiger partial charge in [-0.15, -0.1) is 0 Å². The Bertz CT molecular complexity index is 1160. The van der Waals surface area contributed by atoms with Gasteiger partial charge in [0, 0.05) is 15.7 Å². The summed E-state index contributed by atoms with van der Waals surface area (Å²) in [5.41, 5.74) is 0.985. The van der Waals surface area contributed by atoms with Gasteiger partial charge in [-0.2, -0.15) is 0 Å². The fourth-order valence-electron chi connectivity index (χ4n) is 2.39. The maximum atomic E-state index is 12.2. The second-order valence-corrected chi connectivity index (χ2v) is 10.1. The first-order valence-corrected chi connectivity index (χ1v) is 11.8. The Labute approximate surface area is 190 Å². The minimum Gasteiger partial charge on any atom is -0.483 e. The first-order chi connectivity index (χ1) is 14.1. The number of nitrogens with one attached hydrogen (secondary N) is 2. The number of nitrogens with two attached hydrogens (primary N) is 1. The van der Waals surface area contributed by atoms with Crippen molar-refractivity contribution in [2.24, 2.45) is 5.14 Å². The van der Waals surface area contributed by atoms with Crippen LogP contribution in [0.4, 0.5) is 5.69 Å². The first kappa shape index (κ1) is 22.4. The number of benzene rings is 2. The van der Waals surface area contributed by atoms with Gasteiger partial charge >= 0.3 is 0 Å². The van der Waals surface area contributed by atoms with Gasteiger partial charge in [0.2, 0.25) is 10.0 Å². The van der Waals surface area contributed by atoms with Crippen molar-refractivity contribution >= 4 is 77.8 Å². The van der Waals surface area contributed by atoms with E-state index in [0.29, 0.717) is 26.2 Å². The highest BCUT2D eigenvalue weighted by Gasteiger charge is 2.22. The Balaban J connectivity index is 1.68. The minimum atomic E-state index is -3.80. The molecule has 2 aromatic carbocycles. The fourth-order valence-corrected chi connectivity index (χ4v) is 4.32. The highest BCUT2D eigenvalue weighted by atomic mass is 79.9. The lowest BCUT2D eigenvalue weighted by atomic mass is 10.2. The van der Waals surface area contributed by atoms with Crippen LogP contribution in [0.25, 0.3) is 6.08 Å². The van der Waals surface area contributed by atoms with Crippen LogP contribution in [-0.4, -0.2) is 31.2 Å². The van der Waals surface area contributed by atoms with E-state index >= 15 is 0 Å². The van der Waals surface area contributed by atoms with Crippen LogP contribution >= 0.6 is 39.9 Å². The lowest BCUT2D eigenvalue weighted by Crippen LogP contribution is -2.20. The second-order valence-electron chi connectivity index (χ2n) is 5.94. The summed E-state index contributed by atoms with van der Waals surface area (Å²) < 4.78 is 29.3. The summed E-state index contributed by atoms with van der Waals surface area (Å²) in [6.07, 6.45) is 1.63. The topological polar surface area (TPSA) is 128 Å². The molecule has 1 aliphatic rings. The maximum absolute atomic E-state index is 12.2. The highest BCUT2D eigenvalue weighted by molar-refractivity contribution is 9.10. The van der Waals surface area contributed by atoms with E-state index in [4.69, 9.17) is 22.1 Å². The predicted octanol–water partition coefficient (Wildman–Crippen LogP) is 2.60. The molecule has 1 heterocycles. The Morgan fingerprint density at radius 2 is 1.97 bits per heavy atom. The SMILES string of the molecule is NS(=O)(=O)c1ccc(NC(=O)COc2ccc(Br)cc2/C=C2\SC(=S)NC2=O)cc1. The van der Waals surface area contributed by atoms with Crippen LogP contribution in [0, 0.1) is 0 Å². The summed E-state index contributed by atoms with van der Waals surface area (Å²) in [6.45, 7) is -0.299. The monoisotopic (exact) mass is 527 g/mol. The molecule has 3 rings (SSSR count). The lowest BCUT2D eigenvalue weighted by Gasteiger charge is -2.11. The molecule has 0 aliphatic carbocycles. The number of amides is 2. The number of hydrogen-bond donors (Lipinski definition) is 3.